The summed E-state index contributed by atoms with van der Waals surface area (Å²) >= 11 is 17.7. The summed E-state index contributed by atoms with van der Waals surface area (Å²) < 4.78 is 0. The molecule has 1 aromatic heterocycles. The summed E-state index contributed by atoms with van der Waals surface area (Å²) in [5.74, 6) is 0.0172. The van der Waals surface area contributed by atoms with E-state index in [4.69, 9.17) is 34.8 Å². The highest BCUT2D eigenvalue weighted by Crippen LogP contribution is 2.31. The first-order valence-electron chi connectivity index (χ1n) is 5.77. The summed E-state index contributed by atoms with van der Waals surface area (Å²) in [6, 6.07) is 4.62. The Morgan fingerprint density at radius 3 is 2.71 bits per heavy atom. The van der Waals surface area contributed by atoms with E-state index in [1.165, 1.54) is 0 Å². The van der Waals surface area contributed by atoms with Crippen molar-refractivity contribution in [1.82, 2.24) is 9.97 Å². The Balaban J connectivity index is 2.35. The number of aromatic nitrogens is 2. The molecule has 1 heterocycles. The van der Waals surface area contributed by atoms with Gasteiger partial charge in [0.2, 0.25) is 11.1 Å². The molecule has 2 aromatic rings. The number of nitrogens with one attached hydrogen (secondary N) is 1. The third kappa shape index (κ3) is 3.72. The van der Waals surface area contributed by atoms with Crippen LogP contribution in [0.4, 0.5) is 11.5 Å². The number of benzene rings is 1. The fraction of sp³-hybridized carbons (Fsp3) is 0.167. The van der Waals surface area contributed by atoms with Crippen molar-refractivity contribution in [3.05, 3.63) is 55.4 Å². The number of nitrogens with zero attached hydrogens (tertiary/aromatic N) is 3. The molecule has 1 atom stereocenters. The topological polar surface area (TPSA) is 81.0 Å². The van der Waals surface area contributed by atoms with Crippen LogP contribution in [0.25, 0.3) is 0 Å². The Labute approximate surface area is 135 Å². The molecule has 0 aliphatic carbocycles. The van der Waals surface area contributed by atoms with Gasteiger partial charge < -0.3 is 5.32 Å². The Morgan fingerprint density at radius 2 is 2.05 bits per heavy atom. The molecular weight excluding hydrogens is 339 g/mol. The lowest BCUT2D eigenvalue weighted by molar-refractivity contribution is -0.384. The van der Waals surface area contributed by atoms with E-state index in [2.05, 4.69) is 15.3 Å². The zero-order chi connectivity index (χ0) is 15.6. The molecule has 110 valence electrons. The largest absolute Gasteiger partial charge is 0.358 e. The highest BCUT2D eigenvalue weighted by atomic mass is 35.5. The predicted molar refractivity (Wildman–Crippen MR) is 82.2 cm³/mol. The van der Waals surface area contributed by atoms with E-state index in [-0.39, 0.29) is 22.8 Å². The number of rotatable bonds is 4. The van der Waals surface area contributed by atoms with Gasteiger partial charge in [0.15, 0.2) is 0 Å². The van der Waals surface area contributed by atoms with Gasteiger partial charge in [-0.1, -0.05) is 23.2 Å². The summed E-state index contributed by atoms with van der Waals surface area (Å²) in [7, 11) is 0. The second-order valence-corrected chi connectivity index (χ2v) is 5.34. The van der Waals surface area contributed by atoms with E-state index in [9.17, 15) is 10.1 Å². The summed E-state index contributed by atoms with van der Waals surface area (Å²) in [6.07, 6.45) is 1.05. The standard InChI is InChI=1S/C12H9Cl3N4O2/c1-6(8-4-7(13)2-3-9(8)14)17-11-10(19(20)21)5-16-12(15)18-11/h2-6H,1H3,(H,16,17,18). The summed E-state index contributed by atoms with van der Waals surface area (Å²) in [6.45, 7) is 1.78. The smallest absolute Gasteiger partial charge is 0.329 e. The van der Waals surface area contributed by atoms with E-state index in [1.807, 2.05) is 0 Å². The lowest BCUT2D eigenvalue weighted by Gasteiger charge is -2.16. The van der Waals surface area contributed by atoms with Gasteiger partial charge in [0.25, 0.3) is 0 Å². The predicted octanol–water partition coefficient (Wildman–Crippen LogP) is 4.52. The van der Waals surface area contributed by atoms with Gasteiger partial charge in [-0.2, -0.15) is 4.98 Å². The lowest BCUT2D eigenvalue weighted by Crippen LogP contribution is -2.11. The Hall–Kier alpha value is -1.63. The normalized spacial score (nSPS) is 12.0. The zero-order valence-corrected chi connectivity index (χ0v) is 12.9. The van der Waals surface area contributed by atoms with Crippen molar-refractivity contribution in [2.45, 2.75) is 13.0 Å². The maximum absolute atomic E-state index is 11.0. The molecular formula is C12H9Cl3N4O2. The molecule has 0 spiro atoms. The van der Waals surface area contributed by atoms with E-state index < -0.39 is 4.92 Å². The van der Waals surface area contributed by atoms with E-state index >= 15 is 0 Å². The first-order chi connectivity index (χ1) is 9.88. The molecule has 0 fully saturated rings. The highest BCUT2D eigenvalue weighted by molar-refractivity contribution is 6.33. The maximum atomic E-state index is 11.0. The third-order valence-corrected chi connectivity index (χ3v) is 3.48. The molecule has 1 unspecified atom stereocenters. The first kappa shape index (κ1) is 15.8. The first-order valence-corrected chi connectivity index (χ1v) is 6.90. The average Bonchev–Trinajstić information content (AvgIpc) is 2.41. The van der Waals surface area contributed by atoms with Crippen LogP contribution in [0.1, 0.15) is 18.5 Å². The number of hydrogen-bond acceptors (Lipinski definition) is 5. The number of nitro groups is 1. The van der Waals surface area contributed by atoms with Gasteiger partial charge in [0.1, 0.15) is 6.20 Å². The molecule has 1 aromatic carbocycles. The molecule has 0 bridgehead atoms. The van der Waals surface area contributed by atoms with Crippen LogP contribution in [0, 0.1) is 10.1 Å². The molecule has 2 rings (SSSR count). The molecule has 0 aliphatic heterocycles. The summed E-state index contributed by atoms with van der Waals surface area (Å²) in [5.41, 5.74) is 0.414. The minimum Gasteiger partial charge on any atom is -0.358 e. The second kappa shape index (κ2) is 6.43. The molecule has 0 amide bonds. The van der Waals surface area contributed by atoms with Crippen LogP contribution in [0.3, 0.4) is 0 Å². The van der Waals surface area contributed by atoms with Crippen molar-refractivity contribution in [3.63, 3.8) is 0 Å². The van der Waals surface area contributed by atoms with Crippen molar-refractivity contribution in [2.24, 2.45) is 0 Å². The van der Waals surface area contributed by atoms with E-state index in [1.54, 1.807) is 25.1 Å². The minimum atomic E-state index is -0.592. The number of halogens is 3. The molecule has 1 N–H and O–H groups in total. The quantitative estimate of drug-likeness (QED) is 0.499. The van der Waals surface area contributed by atoms with Gasteiger partial charge >= 0.3 is 5.69 Å². The molecule has 0 aliphatic rings. The Kier molecular flexibility index (Phi) is 4.82. The fourth-order valence-corrected chi connectivity index (χ4v) is 2.32. The van der Waals surface area contributed by atoms with Crippen LogP contribution in [-0.2, 0) is 0 Å². The third-order valence-electron chi connectivity index (χ3n) is 2.71. The Morgan fingerprint density at radius 1 is 1.33 bits per heavy atom. The molecule has 21 heavy (non-hydrogen) atoms. The van der Waals surface area contributed by atoms with Crippen molar-refractivity contribution in [1.29, 1.82) is 0 Å². The van der Waals surface area contributed by atoms with Crippen molar-refractivity contribution >= 4 is 46.3 Å². The van der Waals surface area contributed by atoms with Crippen LogP contribution in [0.15, 0.2) is 24.4 Å². The SMILES string of the molecule is CC(Nc1nc(Cl)ncc1[N+](=O)[O-])c1cc(Cl)ccc1Cl. The fourth-order valence-electron chi connectivity index (χ4n) is 1.72. The van der Waals surface area contributed by atoms with Crippen LogP contribution in [-0.4, -0.2) is 14.9 Å². The number of hydrogen-bond donors (Lipinski definition) is 1. The van der Waals surface area contributed by atoms with Gasteiger partial charge in [0.05, 0.1) is 11.0 Å². The average molecular weight is 348 g/mol. The van der Waals surface area contributed by atoms with Gasteiger partial charge in [-0.25, -0.2) is 4.98 Å². The summed E-state index contributed by atoms with van der Waals surface area (Å²) in [5, 5.41) is 14.8. The highest BCUT2D eigenvalue weighted by Gasteiger charge is 2.20. The molecule has 0 radical (unpaired) electrons. The van der Waals surface area contributed by atoms with Crippen LogP contribution < -0.4 is 5.32 Å². The Bertz CT molecular complexity index is 696. The summed E-state index contributed by atoms with van der Waals surface area (Å²) in [4.78, 5) is 17.8. The van der Waals surface area contributed by atoms with Crippen molar-refractivity contribution < 1.29 is 4.92 Å². The minimum absolute atomic E-state index is 0.0172. The van der Waals surface area contributed by atoms with Crippen LogP contribution >= 0.6 is 34.8 Å². The van der Waals surface area contributed by atoms with Crippen molar-refractivity contribution in [3.8, 4) is 0 Å². The zero-order valence-electron chi connectivity index (χ0n) is 10.7. The van der Waals surface area contributed by atoms with Gasteiger partial charge in [0, 0.05) is 10.0 Å². The van der Waals surface area contributed by atoms with E-state index in [0.29, 0.717) is 15.6 Å². The van der Waals surface area contributed by atoms with Gasteiger partial charge in [-0.3, -0.25) is 10.1 Å². The maximum Gasteiger partial charge on any atom is 0.329 e. The van der Waals surface area contributed by atoms with Crippen LogP contribution in [0.5, 0.6) is 0 Å². The molecule has 0 saturated carbocycles. The van der Waals surface area contributed by atoms with Crippen LogP contribution in [0.2, 0.25) is 15.3 Å². The lowest BCUT2D eigenvalue weighted by atomic mass is 10.1. The van der Waals surface area contributed by atoms with Gasteiger partial charge in [-0.05, 0) is 42.3 Å². The monoisotopic (exact) mass is 346 g/mol. The molecule has 6 nitrogen and oxygen atoms in total. The van der Waals surface area contributed by atoms with Gasteiger partial charge in [-0.15, -0.1) is 0 Å². The van der Waals surface area contributed by atoms with E-state index in [0.717, 1.165) is 6.20 Å². The van der Waals surface area contributed by atoms with Crippen molar-refractivity contribution in [2.75, 3.05) is 5.32 Å². The number of anilines is 1. The molecule has 0 saturated heterocycles. The molecule has 9 heteroatoms. The second-order valence-electron chi connectivity index (χ2n) is 4.16.